The fourth-order valence-electron chi connectivity index (χ4n) is 2.06. The molecule has 0 N–H and O–H groups in total. The van der Waals surface area contributed by atoms with Gasteiger partial charge in [0.1, 0.15) is 46.0 Å². The summed E-state index contributed by atoms with van der Waals surface area (Å²) >= 11 is 0. The first-order valence-electron chi connectivity index (χ1n) is 9.66. The summed E-state index contributed by atoms with van der Waals surface area (Å²) < 4.78 is 17.8. The molecule has 28 heavy (non-hydrogen) atoms. The van der Waals surface area contributed by atoms with Crippen LogP contribution in [0.25, 0.3) is 0 Å². The lowest BCUT2D eigenvalue weighted by Crippen LogP contribution is -2.45. The topological polar surface area (TPSA) is 63.2 Å². The molecule has 0 bridgehead atoms. The average molecular weight is 405 g/mol. The Morgan fingerprint density at radius 2 is 1.25 bits per heavy atom. The second kappa shape index (κ2) is 15.6. The molecule has 0 aliphatic rings. The Labute approximate surface area is 170 Å². The summed E-state index contributed by atoms with van der Waals surface area (Å²) in [6, 6.07) is 0. The number of quaternary nitrogens is 2. The minimum absolute atomic E-state index is 0.375. The molecule has 0 aliphatic carbocycles. The SMILES string of the molecule is C=CCOOCC[N+](C)(C)CCOCCOCC[N+](C)(C)CCOC(=O)C=C. The molecule has 0 heterocycles. The molecule has 0 aliphatic heterocycles. The van der Waals surface area contributed by atoms with E-state index in [4.69, 9.17) is 24.0 Å². The summed E-state index contributed by atoms with van der Waals surface area (Å²) in [7, 11) is 8.41. The quantitative estimate of drug-likeness (QED) is 0.0610. The third-order valence-electron chi connectivity index (χ3n) is 4.21. The van der Waals surface area contributed by atoms with Crippen molar-refractivity contribution in [1.29, 1.82) is 0 Å². The van der Waals surface area contributed by atoms with E-state index in [2.05, 4.69) is 41.3 Å². The molecular formula is C20H40N2O6+2. The minimum Gasteiger partial charge on any atom is -0.457 e. The fraction of sp³-hybridized carbons (Fsp3) is 0.750. The second-order valence-corrected chi connectivity index (χ2v) is 7.76. The van der Waals surface area contributed by atoms with Crippen LogP contribution in [0.5, 0.6) is 0 Å². The van der Waals surface area contributed by atoms with Crippen LogP contribution in [0, 0.1) is 0 Å². The first kappa shape index (κ1) is 26.7. The molecule has 0 amide bonds. The summed E-state index contributed by atoms with van der Waals surface area (Å²) in [5.74, 6) is -0.385. The zero-order valence-electron chi connectivity index (χ0n) is 18.2. The minimum atomic E-state index is -0.385. The number of carbonyl (C=O) groups is 1. The van der Waals surface area contributed by atoms with Gasteiger partial charge in [0, 0.05) is 6.08 Å². The number of rotatable bonds is 19. The second-order valence-electron chi connectivity index (χ2n) is 7.76. The van der Waals surface area contributed by atoms with Crippen molar-refractivity contribution in [3.63, 3.8) is 0 Å². The van der Waals surface area contributed by atoms with E-state index in [1.165, 1.54) is 6.08 Å². The van der Waals surface area contributed by atoms with Crippen LogP contribution in [0.2, 0.25) is 0 Å². The van der Waals surface area contributed by atoms with E-state index >= 15 is 0 Å². The van der Waals surface area contributed by atoms with Crippen LogP contribution in [0.4, 0.5) is 0 Å². The third-order valence-corrected chi connectivity index (χ3v) is 4.21. The molecule has 0 rings (SSSR count). The van der Waals surface area contributed by atoms with E-state index in [1.54, 1.807) is 6.08 Å². The number of hydrogen-bond donors (Lipinski definition) is 0. The fourth-order valence-corrected chi connectivity index (χ4v) is 2.06. The number of esters is 1. The molecule has 0 atom stereocenters. The van der Waals surface area contributed by atoms with E-state index in [0.717, 1.165) is 35.1 Å². The largest absolute Gasteiger partial charge is 0.457 e. The Bertz CT molecular complexity index is 440. The van der Waals surface area contributed by atoms with Gasteiger partial charge in [-0.1, -0.05) is 12.7 Å². The predicted octanol–water partition coefficient (Wildman–Crippen LogP) is 1.04. The van der Waals surface area contributed by atoms with Crippen LogP contribution >= 0.6 is 0 Å². The van der Waals surface area contributed by atoms with Crippen molar-refractivity contribution < 1.29 is 37.7 Å². The first-order chi connectivity index (χ1) is 13.2. The van der Waals surface area contributed by atoms with E-state index in [-0.39, 0.29) is 5.97 Å². The summed E-state index contributed by atoms with van der Waals surface area (Å²) in [6.45, 7) is 14.0. The van der Waals surface area contributed by atoms with Gasteiger partial charge in [0.25, 0.3) is 0 Å². The van der Waals surface area contributed by atoms with Crippen molar-refractivity contribution in [2.45, 2.75) is 0 Å². The molecule has 0 aromatic rings. The number of hydrogen-bond acceptors (Lipinski definition) is 6. The molecule has 0 fully saturated rings. The Morgan fingerprint density at radius 3 is 1.75 bits per heavy atom. The number of carbonyl (C=O) groups excluding carboxylic acids is 1. The van der Waals surface area contributed by atoms with Gasteiger partial charge in [-0.15, -0.1) is 6.58 Å². The highest BCUT2D eigenvalue weighted by Gasteiger charge is 2.16. The van der Waals surface area contributed by atoms with Crippen molar-refractivity contribution in [2.24, 2.45) is 0 Å². The summed E-state index contributed by atoms with van der Waals surface area (Å²) in [5.41, 5.74) is 0. The van der Waals surface area contributed by atoms with Gasteiger partial charge in [0.05, 0.1) is 54.6 Å². The van der Waals surface area contributed by atoms with Crippen molar-refractivity contribution in [1.82, 2.24) is 0 Å². The Balaban J connectivity index is 3.60. The normalized spacial score (nSPS) is 12.0. The van der Waals surface area contributed by atoms with Crippen LogP contribution in [0.1, 0.15) is 0 Å². The molecule has 8 heteroatoms. The zero-order chi connectivity index (χ0) is 21.3. The van der Waals surface area contributed by atoms with Gasteiger partial charge < -0.3 is 23.2 Å². The van der Waals surface area contributed by atoms with Gasteiger partial charge >= 0.3 is 5.97 Å². The lowest BCUT2D eigenvalue weighted by atomic mass is 10.4. The molecule has 0 radical (unpaired) electrons. The highest BCUT2D eigenvalue weighted by atomic mass is 17.2. The number of nitrogens with zero attached hydrogens (tertiary/aromatic N) is 2. The molecule has 0 aromatic heterocycles. The van der Waals surface area contributed by atoms with Crippen molar-refractivity contribution in [2.75, 3.05) is 101 Å². The van der Waals surface area contributed by atoms with Gasteiger partial charge in [-0.25, -0.2) is 14.6 Å². The van der Waals surface area contributed by atoms with E-state index in [0.29, 0.717) is 46.2 Å². The molecule has 0 saturated carbocycles. The summed E-state index contributed by atoms with van der Waals surface area (Å²) in [6.07, 6.45) is 2.83. The van der Waals surface area contributed by atoms with Crippen molar-refractivity contribution in [3.8, 4) is 0 Å². The van der Waals surface area contributed by atoms with Crippen LogP contribution in [-0.4, -0.2) is 116 Å². The molecule has 0 unspecified atom stereocenters. The summed E-state index contributed by atoms with van der Waals surface area (Å²) in [5, 5.41) is 0. The van der Waals surface area contributed by atoms with Crippen LogP contribution in [0.15, 0.2) is 25.3 Å². The molecule has 0 spiro atoms. The van der Waals surface area contributed by atoms with Gasteiger partial charge in [-0.3, -0.25) is 0 Å². The predicted molar refractivity (Wildman–Crippen MR) is 109 cm³/mol. The highest BCUT2D eigenvalue weighted by molar-refractivity contribution is 5.81. The van der Waals surface area contributed by atoms with E-state index in [9.17, 15) is 4.79 Å². The summed E-state index contributed by atoms with van der Waals surface area (Å²) in [4.78, 5) is 21.0. The maximum atomic E-state index is 11.0. The Kier molecular flexibility index (Phi) is 14.9. The zero-order valence-corrected chi connectivity index (χ0v) is 18.2. The van der Waals surface area contributed by atoms with Crippen molar-refractivity contribution >= 4 is 5.97 Å². The van der Waals surface area contributed by atoms with Crippen LogP contribution < -0.4 is 0 Å². The van der Waals surface area contributed by atoms with E-state index < -0.39 is 0 Å². The first-order valence-corrected chi connectivity index (χ1v) is 9.66. The maximum absolute atomic E-state index is 11.0. The molecule has 164 valence electrons. The maximum Gasteiger partial charge on any atom is 0.330 e. The van der Waals surface area contributed by atoms with E-state index in [1.807, 2.05) is 0 Å². The van der Waals surface area contributed by atoms with Crippen LogP contribution in [-0.2, 0) is 28.8 Å². The lowest BCUT2D eigenvalue weighted by molar-refractivity contribution is -0.892. The van der Waals surface area contributed by atoms with Crippen molar-refractivity contribution in [3.05, 3.63) is 25.3 Å². The standard InChI is InChI=1S/C20H40N2O6/c1-7-13-27-28-17-12-22(5,6)10-15-25-19-18-24-14-9-21(3,4)11-16-26-20(23)8-2/h7-8H,1-2,9-19H2,3-6H3/q+2. The highest BCUT2D eigenvalue weighted by Crippen LogP contribution is 1.99. The Morgan fingerprint density at radius 1 is 0.750 bits per heavy atom. The molecular weight excluding hydrogens is 364 g/mol. The Hall–Kier alpha value is -1.29. The molecule has 0 aromatic carbocycles. The smallest absolute Gasteiger partial charge is 0.330 e. The lowest BCUT2D eigenvalue weighted by Gasteiger charge is -2.29. The van der Waals surface area contributed by atoms with Gasteiger partial charge in [0.2, 0.25) is 0 Å². The molecule has 8 nitrogen and oxygen atoms in total. The van der Waals surface area contributed by atoms with Gasteiger partial charge in [0.15, 0.2) is 0 Å². The average Bonchev–Trinajstić information content (AvgIpc) is 2.63. The molecule has 0 saturated heterocycles. The third kappa shape index (κ3) is 16.9. The number of ether oxygens (including phenoxy) is 3. The monoisotopic (exact) mass is 404 g/mol. The number of likely N-dealkylation sites (N-methyl/N-ethyl adjacent to an activating group) is 2. The van der Waals surface area contributed by atoms with Gasteiger partial charge in [-0.05, 0) is 0 Å². The van der Waals surface area contributed by atoms with Crippen LogP contribution in [0.3, 0.4) is 0 Å². The van der Waals surface area contributed by atoms with Gasteiger partial charge in [-0.2, -0.15) is 0 Å².